The highest BCUT2D eigenvalue weighted by molar-refractivity contribution is 7.80. The van der Waals surface area contributed by atoms with E-state index in [1.807, 2.05) is 25.3 Å². The average molecular weight is 126 g/mol. The zero-order valence-corrected chi connectivity index (χ0v) is 5.53. The zero-order valence-electron chi connectivity index (χ0n) is 4.72. The molecule has 0 spiro atoms. The standard InChI is InChI=1S/C6H8NS/c1-5(8)6-3-2-4-7-6/h2-5,7H,1H3. The third-order valence-electron chi connectivity index (χ3n) is 1.06. The summed E-state index contributed by atoms with van der Waals surface area (Å²) in [6.07, 6.45) is 1.89. The van der Waals surface area contributed by atoms with E-state index >= 15 is 0 Å². The predicted molar refractivity (Wildman–Crippen MR) is 36.8 cm³/mol. The van der Waals surface area contributed by atoms with Crippen molar-refractivity contribution in [3.8, 4) is 0 Å². The van der Waals surface area contributed by atoms with Crippen molar-refractivity contribution in [1.29, 1.82) is 0 Å². The highest BCUT2D eigenvalue weighted by atomic mass is 32.1. The second-order valence-corrected chi connectivity index (χ2v) is 2.47. The van der Waals surface area contributed by atoms with Gasteiger partial charge in [0.2, 0.25) is 0 Å². The molecule has 0 aliphatic carbocycles. The molecule has 0 aliphatic heterocycles. The summed E-state index contributed by atoms with van der Waals surface area (Å²) in [6, 6.07) is 3.95. The molecule has 1 N–H and O–H groups in total. The van der Waals surface area contributed by atoms with Crippen LogP contribution in [0.25, 0.3) is 0 Å². The minimum atomic E-state index is 0.213. The molecule has 0 fully saturated rings. The van der Waals surface area contributed by atoms with Crippen LogP contribution in [0.3, 0.4) is 0 Å². The molecule has 1 nitrogen and oxygen atoms in total. The van der Waals surface area contributed by atoms with Crippen LogP contribution >= 0.6 is 12.6 Å². The quantitative estimate of drug-likeness (QED) is 0.594. The van der Waals surface area contributed by atoms with Gasteiger partial charge in [-0.25, -0.2) is 0 Å². The maximum Gasteiger partial charge on any atom is 0.0523 e. The van der Waals surface area contributed by atoms with Crippen LogP contribution in [0.5, 0.6) is 0 Å². The highest BCUT2D eigenvalue weighted by Gasteiger charge is 1.96. The Kier molecular flexibility index (Phi) is 1.63. The minimum Gasteiger partial charge on any atom is -0.364 e. The topological polar surface area (TPSA) is 15.8 Å². The normalized spacial score (nSPS) is 13.8. The number of hydrogen-bond acceptors (Lipinski definition) is 0. The molecule has 1 heterocycles. The van der Waals surface area contributed by atoms with E-state index in [0.717, 1.165) is 5.69 Å². The van der Waals surface area contributed by atoms with Crippen LogP contribution in [-0.2, 0) is 0 Å². The molecule has 0 aliphatic rings. The third-order valence-corrected chi connectivity index (χ3v) is 1.31. The Hall–Kier alpha value is -0.370. The van der Waals surface area contributed by atoms with E-state index in [-0.39, 0.29) is 5.25 Å². The largest absolute Gasteiger partial charge is 0.364 e. The van der Waals surface area contributed by atoms with Crippen molar-refractivity contribution in [3.63, 3.8) is 0 Å². The van der Waals surface area contributed by atoms with Crippen molar-refractivity contribution in [2.45, 2.75) is 12.2 Å². The smallest absolute Gasteiger partial charge is 0.0523 e. The van der Waals surface area contributed by atoms with Crippen LogP contribution in [0.1, 0.15) is 17.9 Å². The van der Waals surface area contributed by atoms with Crippen molar-refractivity contribution >= 4 is 12.6 Å². The molecule has 0 aromatic carbocycles. The molecule has 1 rings (SSSR count). The molecule has 8 heavy (non-hydrogen) atoms. The van der Waals surface area contributed by atoms with Gasteiger partial charge >= 0.3 is 0 Å². The average Bonchev–Trinajstić information content (AvgIpc) is 2.12. The lowest BCUT2D eigenvalue weighted by Gasteiger charge is -1.94. The Morgan fingerprint density at radius 1 is 1.75 bits per heavy atom. The van der Waals surface area contributed by atoms with Crippen molar-refractivity contribution in [3.05, 3.63) is 24.0 Å². The molecular weight excluding hydrogens is 118 g/mol. The van der Waals surface area contributed by atoms with Gasteiger partial charge in [0, 0.05) is 11.9 Å². The van der Waals surface area contributed by atoms with E-state index in [2.05, 4.69) is 4.98 Å². The molecule has 0 bridgehead atoms. The fourth-order valence-corrected chi connectivity index (χ4v) is 0.744. The SMILES string of the molecule is CC([S])c1ccc[nH]1. The van der Waals surface area contributed by atoms with Crippen LogP contribution in [-0.4, -0.2) is 4.98 Å². The summed E-state index contributed by atoms with van der Waals surface area (Å²) in [5.41, 5.74) is 1.13. The Balaban J connectivity index is 2.77. The lowest BCUT2D eigenvalue weighted by atomic mass is 10.3. The van der Waals surface area contributed by atoms with Crippen LogP contribution in [0, 0.1) is 0 Å². The molecule has 43 valence electrons. The van der Waals surface area contributed by atoms with Gasteiger partial charge in [0.05, 0.1) is 5.25 Å². The highest BCUT2D eigenvalue weighted by Crippen LogP contribution is 2.14. The van der Waals surface area contributed by atoms with Gasteiger partial charge in [-0.05, 0) is 19.1 Å². The van der Waals surface area contributed by atoms with E-state index in [1.54, 1.807) is 0 Å². The van der Waals surface area contributed by atoms with Gasteiger partial charge in [-0.1, -0.05) is 12.6 Å². The summed E-state index contributed by atoms with van der Waals surface area (Å²) in [6.45, 7) is 1.99. The second kappa shape index (κ2) is 2.27. The first-order chi connectivity index (χ1) is 3.80. The van der Waals surface area contributed by atoms with Gasteiger partial charge in [-0.2, -0.15) is 0 Å². The van der Waals surface area contributed by atoms with Gasteiger partial charge in [0.1, 0.15) is 0 Å². The maximum absolute atomic E-state index is 4.97. The lowest BCUT2D eigenvalue weighted by Crippen LogP contribution is -1.80. The van der Waals surface area contributed by atoms with Crippen molar-refractivity contribution in [2.24, 2.45) is 0 Å². The number of H-pyrrole nitrogens is 1. The summed E-state index contributed by atoms with van der Waals surface area (Å²) in [7, 11) is 0. The summed E-state index contributed by atoms with van der Waals surface area (Å²) in [4.78, 5) is 3.03. The van der Waals surface area contributed by atoms with Gasteiger partial charge in [-0.3, -0.25) is 0 Å². The first-order valence-corrected chi connectivity index (χ1v) is 3.07. The number of nitrogens with one attached hydrogen (secondary N) is 1. The summed E-state index contributed by atoms with van der Waals surface area (Å²) >= 11 is 4.97. The Morgan fingerprint density at radius 3 is 2.75 bits per heavy atom. The van der Waals surface area contributed by atoms with E-state index < -0.39 is 0 Å². The lowest BCUT2D eigenvalue weighted by molar-refractivity contribution is 1.04. The van der Waals surface area contributed by atoms with Crippen LogP contribution < -0.4 is 0 Å². The predicted octanol–water partition coefficient (Wildman–Crippen LogP) is 2.27. The van der Waals surface area contributed by atoms with Gasteiger partial charge in [-0.15, -0.1) is 0 Å². The van der Waals surface area contributed by atoms with E-state index in [0.29, 0.717) is 0 Å². The van der Waals surface area contributed by atoms with Gasteiger partial charge in [0.25, 0.3) is 0 Å². The molecule has 1 aromatic heterocycles. The number of hydrogen-bond donors (Lipinski definition) is 1. The monoisotopic (exact) mass is 126 g/mol. The van der Waals surface area contributed by atoms with E-state index in [9.17, 15) is 0 Å². The summed E-state index contributed by atoms with van der Waals surface area (Å²) in [5.74, 6) is 0. The molecule has 1 radical (unpaired) electrons. The molecule has 0 saturated heterocycles. The number of aromatic amines is 1. The van der Waals surface area contributed by atoms with Crippen LogP contribution in [0.4, 0.5) is 0 Å². The fraction of sp³-hybridized carbons (Fsp3) is 0.333. The number of rotatable bonds is 1. The van der Waals surface area contributed by atoms with Crippen molar-refractivity contribution in [2.75, 3.05) is 0 Å². The van der Waals surface area contributed by atoms with Crippen molar-refractivity contribution in [1.82, 2.24) is 4.98 Å². The fourth-order valence-electron chi connectivity index (χ4n) is 0.597. The van der Waals surface area contributed by atoms with Gasteiger partial charge in [0.15, 0.2) is 0 Å². The molecule has 1 atom stereocenters. The molecule has 0 saturated carbocycles. The number of aromatic nitrogens is 1. The molecule has 0 amide bonds. The summed E-state index contributed by atoms with van der Waals surface area (Å²) < 4.78 is 0. The zero-order chi connectivity index (χ0) is 5.98. The Bertz CT molecular complexity index is 144. The van der Waals surface area contributed by atoms with Crippen LogP contribution in [0.2, 0.25) is 0 Å². The molecule has 1 unspecified atom stereocenters. The first-order valence-electron chi connectivity index (χ1n) is 2.60. The minimum absolute atomic E-state index is 0.213. The first kappa shape index (κ1) is 5.76. The Labute approximate surface area is 54.5 Å². The second-order valence-electron chi connectivity index (χ2n) is 1.77. The molecule has 2 heteroatoms. The third kappa shape index (κ3) is 1.07. The molecule has 1 aromatic rings. The van der Waals surface area contributed by atoms with Crippen LogP contribution in [0.15, 0.2) is 18.3 Å². The van der Waals surface area contributed by atoms with E-state index in [4.69, 9.17) is 12.6 Å². The summed E-state index contributed by atoms with van der Waals surface area (Å²) in [5, 5.41) is 0.213. The van der Waals surface area contributed by atoms with E-state index in [1.165, 1.54) is 0 Å². The Morgan fingerprint density at radius 2 is 2.50 bits per heavy atom. The maximum atomic E-state index is 4.97. The van der Waals surface area contributed by atoms with Gasteiger partial charge < -0.3 is 4.98 Å². The van der Waals surface area contributed by atoms with Crippen molar-refractivity contribution < 1.29 is 0 Å². The molecular formula is C6H8NS.